The van der Waals surface area contributed by atoms with Crippen LogP contribution in [0, 0.1) is 0 Å². The lowest BCUT2D eigenvalue weighted by Gasteiger charge is -1.92. The highest BCUT2D eigenvalue weighted by Gasteiger charge is 2.10. The van der Waals surface area contributed by atoms with E-state index < -0.39 is 14.3 Å². The van der Waals surface area contributed by atoms with Gasteiger partial charge in [-0.25, -0.2) is 0 Å². The van der Waals surface area contributed by atoms with Crippen molar-refractivity contribution in [2.75, 3.05) is 21.1 Å². The summed E-state index contributed by atoms with van der Waals surface area (Å²) in [6.07, 6.45) is 0. The molecule has 1 atom stereocenters. The lowest BCUT2D eigenvalue weighted by molar-refractivity contribution is 0.482. The van der Waals surface area contributed by atoms with Crippen LogP contribution in [-0.2, 0) is 10.1 Å². The summed E-state index contributed by atoms with van der Waals surface area (Å²) in [6, 6.07) is 0. The van der Waals surface area contributed by atoms with Crippen molar-refractivity contribution in [2.45, 2.75) is 11.1 Å². The van der Waals surface area contributed by atoms with Crippen molar-refractivity contribution in [3.63, 3.8) is 0 Å². The van der Waals surface area contributed by atoms with E-state index in [1.54, 1.807) is 0 Å². The van der Waals surface area contributed by atoms with Crippen LogP contribution in [0.4, 0.5) is 0 Å². The van der Waals surface area contributed by atoms with Crippen LogP contribution >= 0.6 is 15.9 Å². The van der Waals surface area contributed by atoms with Crippen LogP contribution in [0.5, 0.6) is 0 Å². The van der Waals surface area contributed by atoms with Crippen molar-refractivity contribution in [1.29, 1.82) is 0 Å². The molecule has 0 aromatic heterocycles. The van der Waals surface area contributed by atoms with Crippen LogP contribution in [0.2, 0.25) is 0 Å². The first kappa shape index (κ1) is 13.9. The molecule has 0 aliphatic heterocycles. The summed E-state index contributed by atoms with van der Waals surface area (Å²) in [7, 11) is 2.18. The number of halogens is 1. The highest BCUT2D eigenvalue weighted by atomic mass is 79.9. The topological polar surface area (TPSA) is 57.6 Å². The Morgan fingerprint density at radius 3 is 1.45 bits per heavy atom. The van der Waals surface area contributed by atoms with E-state index in [9.17, 15) is 8.42 Å². The highest BCUT2D eigenvalue weighted by Crippen LogP contribution is 2.03. The summed E-state index contributed by atoms with van der Waals surface area (Å²) in [5, 5.41) is 0. The molecule has 0 radical (unpaired) electrons. The molecule has 0 aliphatic rings. The number of hydrogen-bond acceptors (Lipinski definition) is 3. The lowest BCUT2D eigenvalue weighted by Crippen LogP contribution is -2.07. The van der Waals surface area contributed by atoms with E-state index in [4.69, 9.17) is 4.55 Å². The minimum Gasteiger partial charge on any atom is -0.312 e. The maximum atomic E-state index is 9.84. The van der Waals surface area contributed by atoms with Crippen molar-refractivity contribution in [1.82, 2.24) is 4.90 Å². The molecule has 0 saturated carbocycles. The molecule has 0 bridgehead atoms. The van der Waals surface area contributed by atoms with Crippen molar-refractivity contribution in [2.24, 2.45) is 0 Å². The predicted molar refractivity (Wildman–Crippen MR) is 49.5 cm³/mol. The molecule has 0 aromatic carbocycles. The molecule has 0 aliphatic carbocycles. The standard InChI is InChI=1S/C3H9N.C2H5BrO3S/c1-4(2)3;1-2(3)7(4,5)6/h1-3H3;2H,1H3,(H,4,5,6). The molecular weight excluding hydrogens is 234 g/mol. The first-order chi connectivity index (χ1) is 4.68. The first-order valence-corrected chi connectivity index (χ1v) is 5.31. The highest BCUT2D eigenvalue weighted by molar-refractivity contribution is 9.11. The van der Waals surface area contributed by atoms with E-state index >= 15 is 0 Å². The Hall–Kier alpha value is 0.350. The van der Waals surface area contributed by atoms with Crippen molar-refractivity contribution in [3.8, 4) is 0 Å². The normalized spacial score (nSPS) is 13.7. The van der Waals surface area contributed by atoms with Gasteiger partial charge in [0.05, 0.1) is 0 Å². The zero-order chi connectivity index (χ0) is 9.65. The summed E-state index contributed by atoms with van der Waals surface area (Å²) in [6.45, 7) is 1.33. The Morgan fingerprint density at radius 2 is 1.45 bits per heavy atom. The van der Waals surface area contributed by atoms with Crippen LogP contribution in [0.3, 0.4) is 0 Å². The van der Waals surface area contributed by atoms with Crippen LogP contribution in [0.15, 0.2) is 0 Å². The molecule has 0 heterocycles. The molecule has 0 aromatic rings. The van der Waals surface area contributed by atoms with Gasteiger partial charge >= 0.3 is 0 Å². The quantitative estimate of drug-likeness (QED) is 0.550. The predicted octanol–water partition coefficient (Wildman–Crippen LogP) is 0.793. The fourth-order valence-electron chi connectivity index (χ4n) is 0. The van der Waals surface area contributed by atoms with E-state index in [-0.39, 0.29) is 0 Å². The van der Waals surface area contributed by atoms with Gasteiger partial charge in [-0.2, -0.15) is 8.42 Å². The third kappa shape index (κ3) is 17.9. The summed E-state index contributed by atoms with van der Waals surface area (Å²) < 4.78 is 26.8. The number of hydrogen-bond donors (Lipinski definition) is 1. The Bertz CT molecular complexity index is 173. The average Bonchev–Trinajstić information content (AvgIpc) is 1.59. The van der Waals surface area contributed by atoms with Gasteiger partial charge in [-0.05, 0) is 28.1 Å². The smallest absolute Gasteiger partial charge is 0.277 e. The van der Waals surface area contributed by atoms with Crippen molar-refractivity contribution >= 4 is 26.0 Å². The van der Waals surface area contributed by atoms with E-state index in [2.05, 4.69) is 15.9 Å². The van der Waals surface area contributed by atoms with E-state index in [1.807, 2.05) is 26.0 Å². The van der Waals surface area contributed by atoms with E-state index in [0.717, 1.165) is 0 Å². The molecular formula is C5H14BrNO3S. The van der Waals surface area contributed by atoms with Crippen LogP contribution in [-0.4, -0.2) is 43.2 Å². The number of alkyl halides is 1. The Balaban J connectivity index is 0. The van der Waals surface area contributed by atoms with Crippen LogP contribution in [0.1, 0.15) is 6.92 Å². The fraction of sp³-hybridized carbons (Fsp3) is 1.00. The van der Waals surface area contributed by atoms with Gasteiger partial charge in [-0.1, -0.05) is 15.9 Å². The van der Waals surface area contributed by atoms with E-state index in [0.29, 0.717) is 0 Å². The molecule has 4 nitrogen and oxygen atoms in total. The SMILES string of the molecule is CC(Br)S(=O)(=O)O.CN(C)C. The molecule has 0 rings (SSSR count). The summed E-state index contributed by atoms with van der Waals surface area (Å²) in [5.74, 6) is 0. The van der Waals surface area contributed by atoms with Gasteiger partial charge in [0.2, 0.25) is 0 Å². The largest absolute Gasteiger partial charge is 0.312 e. The van der Waals surface area contributed by atoms with Gasteiger partial charge in [0.1, 0.15) is 4.16 Å². The molecule has 11 heavy (non-hydrogen) atoms. The van der Waals surface area contributed by atoms with Gasteiger partial charge < -0.3 is 4.90 Å². The molecule has 1 unspecified atom stereocenters. The maximum Gasteiger partial charge on any atom is 0.277 e. The molecule has 70 valence electrons. The second kappa shape index (κ2) is 5.93. The summed E-state index contributed by atoms with van der Waals surface area (Å²) >= 11 is 2.66. The Labute approximate surface area is 76.5 Å². The number of rotatable bonds is 1. The third-order valence-electron chi connectivity index (χ3n) is 0.410. The molecule has 6 heteroatoms. The van der Waals surface area contributed by atoms with Gasteiger partial charge in [0.15, 0.2) is 0 Å². The third-order valence-corrected chi connectivity index (χ3v) is 2.65. The van der Waals surface area contributed by atoms with Crippen molar-refractivity contribution in [3.05, 3.63) is 0 Å². The average molecular weight is 248 g/mol. The molecule has 1 N–H and O–H groups in total. The van der Waals surface area contributed by atoms with Crippen LogP contribution < -0.4 is 0 Å². The minimum absolute atomic E-state index is 0.861. The minimum atomic E-state index is -3.82. The monoisotopic (exact) mass is 247 g/mol. The van der Waals surface area contributed by atoms with Gasteiger partial charge in [-0.15, -0.1) is 0 Å². The van der Waals surface area contributed by atoms with Gasteiger partial charge in [0.25, 0.3) is 10.1 Å². The van der Waals surface area contributed by atoms with E-state index in [1.165, 1.54) is 6.92 Å². The zero-order valence-electron chi connectivity index (χ0n) is 7.07. The molecule has 0 spiro atoms. The van der Waals surface area contributed by atoms with Gasteiger partial charge in [0, 0.05) is 0 Å². The fourth-order valence-corrected chi connectivity index (χ4v) is 0. The summed E-state index contributed by atoms with van der Waals surface area (Å²) in [5.41, 5.74) is 0. The summed E-state index contributed by atoms with van der Waals surface area (Å²) in [4.78, 5) is 2.00. The van der Waals surface area contributed by atoms with Crippen LogP contribution in [0.25, 0.3) is 0 Å². The number of nitrogens with zero attached hydrogens (tertiary/aromatic N) is 1. The molecule has 0 fully saturated rings. The Morgan fingerprint density at radius 1 is 1.36 bits per heavy atom. The lowest BCUT2D eigenvalue weighted by atomic mass is 11.0. The second-order valence-corrected chi connectivity index (χ2v) is 6.12. The zero-order valence-corrected chi connectivity index (χ0v) is 9.48. The Kier molecular flexibility index (Phi) is 7.50. The molecule has 0 saturated heterocycles. The van der Waals surface area contributed by atoms with Gasteiger partial charge in [-0.3, -0.25) is 4.55 Å². The second-order valence-electron chi connectivity index (χ2n) is 2.40. The molecule has 0 amide bonds. The van der Waals surface area contributed by atoms with Crippen molar-refractivity contribution < 1.29 is 13.0 Å². The first-order valence-electron chi connectivity index (χ1n) is 2.89. The maximum absolute atomic E-state index is 9.84.